The molecular weight excluding hydrogens is 258 g/mol. The number of hydrogen-bond acceptors (Lipinski definition) is 5. The standard InChI is InChI=1S/C14H15N3O3/c1-19-13-7-10(20-16-13)8-17-11-5-3-2-4-9(11)6-12(17)14(15)18/h2-5,7,12H,6,8H2,1H3,(H2,15,18)/t12-/m0/s1. The van der Waals surface area contributed by atoms with Gasteiger partial charge in [0.1, 0.15) is 6.04 Å². The first kappa shape index (κ1) is 12.5. The topological polar surface area (TPSA) is 81.6 Å². The summed E-state index contributed by atoms with van der Waals surface area (Å²) in [4.78, 5) is 13.6. The zero-order chi connectivity index (χ0) is 14.1. The number of carbonyl (C=O) groups excluding carboxylic acids is 1. The molecule has 0 spiro atoms. The first-order chi connectivity index (χ1) is 9.69. The summed E-state index contributed by atoms with van der Waals surface area (Å²) in [6.45, 7) is 0.432. The van der Waals surface area contributed by atoms with Crippen LogP contribution in [0.1, 0.15) is 11.3 Å². The number of para-hydroxylation sites is 1. The molecule has 1 amide bonds. The Morgan fingerprint density at radius 3 is 3.05 bits per heavy atom. The fourth-order valence-corrected chi connectivity index (χ4v) is 2.53. The number of nitrogens with two attached hydrogens (primary N) is 1. The number of primary amides is 1. The minimum Gasteiger partial charge on any atom is -0.479 e. The van der Waals surface area contributed by atoms with Crippen molar-refractivity contribution in [2.45, 2.75) is 19.0 Å². The Hall–Kier alpha value is -2.50. The van der Waals surface area contributed by atoms with Gasteiger partial charge in [0.25, 0.3) is 5.88 Å². The molecule has 1 aliphatic heterocycles. The molecule has 0 bridgehead atoms. The second kappa shape index (κ2) is 4.88. The first-order valence-corrected chi connectivity index (χ1v) is 6.32. The monoisotopic (exact) mass is 273 g/mol. The van der Waals surface area contributed by atoms with E-state index < -0.39 is 0 Å². The third-order valence-corrected chi connectivity index (χ3v) is 3.49. The molecule has 2 heterocycles. The van der Waals surface area contributed by atoms with Crippen molar-refractivity contribution in [2.24, 2.45) is 5.73 Å². The molecule has 1 aliphatic rings. The van der Waals surface area contributed by atoms with Gasteiger partial charge in [-0.1, -0.05) is 18.2 Å². The highest BCUT2D eigenvalue weighted by Gasteiger charge is 2.33. The van der Waals surface area contributed by atoms with Gasteiger partial charge in [-0.25, -0.2) is 0 Å². The Labute approximate surface area is 116 Å². The van der Waals surface area contributed by atoms with E-state index >= 15 is 0 Å². The number of methoxy groups -OCH3 is 1. The van der Waals surface area contributed by atoms with Crippen molar-refractivity contribution < 1.29 is 14.1 Å². The molecule has 0 fully saturated rings. The molecule has 0 saturated heterocycles. The summed E-state index contributed by atoms with van der Waals surface area (Å²) in [5.41, 5.74) is 7.62. The third kappa shape index (κ3) is 2.09. The Kier molecular flexibility index (Phi) is 3.06. The van der Waals surface area contributed by atoms with Gasteiger partial charge < -0.3 is 19.9 Å². The number of carbonyl (C=O) groups is 1. The van der Waals surface area contributed by atoms with Gasteiger partial charge in [0.2, 0.25) is 5.91 Å². The number of anilines is 1. The van der Waals surface area contributed by atoms with Crippen LogP contribution in [-0.2, 0) is 17.8 Å². The van der Waals surface area contributed by atoms with E-state index in [2.05, 4.69) is 5.16 Å². The highest BCUT2D eigenvalue weighted by Crippen LogP contribution is 2.33. The predicted octanol–water partition coefficient (Wildman–Crippen LogP) is 1.10. The molecule has 0 unspecified atom stereocenters. The number of ether oxygens (including phenoxy) is 1. The van der Waals surface area contributed by atoms with Crippen LogP contribution >= 0.6 is 0 Å². The van der Waals surface area contributed by atoms with Crippen molar-refractivity contribution in [1.29, 1.82) is 0 Å². The lowest BCUT2D eigenvalue weighted by molar-refractivity contribution is -0.119. The van der Waals surface area contributed by atoms with Gasteiger partial charge in [0, 0.05) is 18.2 Å². The lowest BCUT2D eigenvalue weighted by atomic mass is 10.1. The molecule has 1 atom stereocenters. The lowest BCUT2D eigenvalue weighted by Crippen LogP contribution is -2.42. The van der Waals surface area contributed by atoms with E-state index in [-0.39, 0.29) is 11.9 Å². The van der Waals surface area contributed by atoms with Crippen LogP contribution in [0.15, 0.2) is 34.9 Å². The summed E-state index contributed by atoms with van der Waals surface area (Å²) in [6.07, 6.45) is 0.622. The fourth-order valence-electron chi connectivity index (χ4n) is 2.53. The summed E-state index contributed by atoms with van der Waals surface area (Å²) < 4.78 is 10.2. The van der Waals surface area contributed by atoms with Crippen LogP contribution in [0.4, 0.5) is 5.69 Å². The summed E-state index contributed by atoms with van der Waals surface area (Å²) in [5, 5.41) is 3.76. The maximum atomic E-state index is 11.6. The number of amides is 1. The fraction of sp³-hybridized carbons (Fsp3) is 0.286. The van der Waals surface area contributed by atoms with Crippen molar-refractivity contribution in [3.8, 4) is 5.88 Å². The van der Waals surface area contributed by atoms with Crippen LogP contribution in [0.5, 0.6) is 5.88 Å². The van der Waals surface area contributed by atoms with E-state index in [4.69, 9.17) is 15.0 Å². The van der Waals surface area contributed by atoms with E-state index in [0.29, 0.717) is 24.6 Å². The zero-order valence-electron chi connectivity index (χ0n) is 11.1. The van der Waals surface area contributed by atoms with Gasteiger partial charge in [-0.15, -0.1) is 0 Å². The minimum absolute atomic E-state index is 0.340. The summed E-state index contributed by atoms with van der Waals surface area (Å²) >= 11 is 0. The molecule has 2 aromatic rings. The van der Waals surface area contributed by atoms with E-state index in [1.165, 1.54) is 7.11 Å². The zero-order valence-corrected chi connectivity index (χ0v) is 11.1. The van der Waals surface area contributed by atoms with Gasteiger partial charge in [0.15, 0.2) is 5.76 Å². The molecular formula is C14H15N3O3. The molecule has 0 aliphatic carbocycles. The van der Waals surface area contributed by atoms with Gasteiger partial charge in [0.05, 0.1) is 13.7 Å². The molecule has 1 aromatic heterocycles. The molecule has 6 heteroatoms. The SMILES string of the molecule is COc1cc(CN2c3ccccc3C[C@H]2C(N)=O)on1. The number of aromatic nitrogens is 1. The quantitative estimate of drug-likeness (QED) is 0.902. The highest BCUT2D eigenvalue weighted by molar-refractivity contribution is 5.86. The summed E-state index contributed by atoms with van der Waals surface area (Å²) in [7, 11) is 1.53. The van der Waals surface area contributed by atoms with E-state index in [1.54, 1.807) is 6.07 Å². The second-order valence-corrected chi connectivity index (χ2v) is 4.71. The van der Waals surface area contributed by atoms with E-state index in [9.17, 15) is 4.79 Å². The molecule has 6 nitrogen and oxygen atoms in total. The number of nitrogens with zero attached hydrogens (tertiary/aromatic N) is 2. The number of benzene rings is 1. The van der Waals surface area contributed by atoms with Crippen molar-refractivity contribution in [3.05, 3.63) is 41.7 Å². The minimum atomic E-state index is -0.358. The summed E-state index contributed by atoms with van der Waals surface area (Å²) in [5.74, 6) is 0.709. The molecule has 1 aromatic carbocycles. The Bertz CT molecular complexity index is 638. The maximum absolute atomic E-state index is 11.6. The van der Waals surface area contributed by atoms with Crippen molar-refractivity contribution >= 4 is 11.6 Å². The van der Waals surface area contributed by atoms with Crippen molar-refractivity contribution in [3.63, 3.8) is 0 Å². The van der Waals surface area contributed by atoms with Crippen LogP contribution in [0, 0.1) is 0 Å². The Morgan fingerprint density at radius 2 is 2.35 bits per heavy atom. The first-order valence-electron chi connectivity index (χ1n) is 6.32. The van der Waals surface area contributed by atoms with Crippen LogP contribution in [-0.4, -0.2) is 24.2 Å². The van der Waals surface area contributed by atoms with Crippen LogP contribution < -0.4 is 15.4 Å². The molecule has 2 N–H and O–H groups in total. The normalized spacial score (nSPS) is 17.1. The van der Waals surface area contributed by atoms with Crippen LogP contribution in [0.3, 0.4) is 0 Å². The predicted molar refractivity (Wildman–Crippen MR) is 72.4 cm³/mol. The molecule has 0 radical (unpaired) electrons. The molecule has 3 rings (SSSR count). The van der Waals surface area contributed by atoms with E-state index in [0.717, 1.165) is 11.3 Å². The second-order valence-electron chi connectivity index (χ2n) is 4.71. The number of fused-ring (bicyclic) bond motifs is 1. The smallest absolute Gasteiger partial charge is 0.254 e. The Morgan fingerprint density at radius 1 is 1.55 bits per heavy atom. The largest absolute Gasteiger partial charge is 0.479 e. The van der Waals surface area contributed by atoms with Gasteiger partial charge >= 0.3 is 0 Å². The maximum Gasteiger partial charge on any atom is 0.254 e. The Balaban J connectivity index is 1.90. The number of rotatable bonds is 4. The highest BCUT2D eigenvalue weighted by atomic mass is 16.5. The molecule has 20 heavy (non-hydrogen) atoms. The van der Waals surface area contributed by atoms with Gasteiger partial charge in [-0.05, 0) is 16.8 Å². The van der Waals surface area contributed by atoms with Crippen LogP contribution in [0.25, 0.3) is 0 Å². The van der Waals surface area contributed by atoms with Crippen molar-refractivity contribution in [2.75, 3.05) is 12.0 Å². The number of hydrogen-bond donors (Lipinski definition) is 1. The molecule has 104 valence electrons. The van der Waals surface area contributed by atoms with Crippen LogP contribution in [0.2, 0.25) is 0 Å². The summed E-state index contributed by atoms with van der Waals surface area (Å²) in [6, 6.07) is 9.23. The van der Waals surface area contributed by atoms with Gasteiger partial charge in [-0.2, -0.15) is 0 Å². The van der Waals surface area contributed by atoms with Crippen molar-refractivity contribution in [1.82, 2.24) is 5.16 Å². The van der Waals surface area contributed by atoms with E-state index in [1.807, 2.05) is 29.2 Å². The van der Waals surface area contributed by atoms with Gasteiger partial charge in [-0.3, -0.25) is 4.79 Å². The average molecular weight is 273 g/mol. The molecule has 0 saturated carbocycles. The average Bonchev–Trinajstić information content (AvgIpc) is 3.04. The lowest BCUT2D eigenvalue weighted by Gasteiger charge is -2.23. The third-order valence-electron chi connectivity index (χ3n) is 3.49.